The summed E-state index contributed by atoms with van der Waals surface area (Å²) in [5, 5.41) is 0. The van der Waals surface area contributed by atoms with Crippen LogP contribution in [-0.2, 0) is 18.5 Å². The van der Waals surface area contributed by atoms with E-state index in [4.69, 9.17) is 5.73 Å². The Morgan fingerprint density at radius 3 is 2.62 bits per heavy atom. The Balaban J connectivity index is 3.63. The SMILES string of the molecule is COC(=O)C(N)CCC(=O)OSC. The van der Waals surface area contributed by atoms with Crippen LogP contribution in [-0.4, -0.2) is 31.3 Å². The fourth-order valence-electron chi connectivity index (χ4n) is 0.677. The smallest absolute Gasteiger partial charge is 0.322 e. The first-order chi connectivity index (χ1) is 6.11. The highest BCUT2D eigenvalue weighted by atomic mass is 32.2. The van der Waals surface area contributed by atoms with Crippen molar-refractivity contribution >= 4 is 24.0 Å². The largest absolute Gasteiger partial charge is 0.468 e. The molecule has 0 bridgehead atoms. The van der Waals surface area contributed by atoms with Crippen molar-refractivity contribution in [3.05, 3.63) is 0 Å². The van der Waals surface area contributed by atoms with Crippen molar-refractivity contribution in [1.82, 2.24) is 0 Å². The second-order valence-corrected chi connectivity index (χ2v) is 2.79. The van der Waals surface area contributed by atoms with Gasteiger partial charge in [0, 0.05) is 12.7 Å². The summed E-state index contributed by atoms with van der Waals surface area (Å²) in [6, 6.07) is -0.751. The number of carbonyl (C=O) groups excluding carboxylic acids is 2. The molecule has 6 heteroatoms. The molecule has 0 rings (SSSR count). The van der Waals surface area contributed by atoms with Crippen LogP contribution < -0.4 is 5.73 Å². The van der Waals surface area contributed by atoms with Crippen molar-refractivity contribution in [2.24, 2.45) is 5.73 Å². The summed E-state index contributed by atoms with van der Waals surface area (Å²) in [6.07, 6.45) is 2.00. The molecule has 2 N–H and O–H groups in total. The lowest BCUT2D eigenvalue weighted by molar-refractivity contribution is -0.142. The van der Waals surface area contributed by atoms with Crippen LogP contribution >= 0.6 is 12.0 Å². The molecule has 0 aliphatic rings. The minimum Gasteiger partial charge on any atom is -0.468 e. The van der Waals surface area contributed by atoms with Gasteiger partial charge < -0.3 is 14.7 Å². The molecule has 0 amide bonds. The maximum absolute atomic E-state index is 10.8. The summed E-state index contributed by atoms with van der Waals surface area (Å²) in [6.45, 7) is 0. The zero-order chi connectivity index (χ0) is 10.3. The molecule has 0 aromatic carbocycles. The van der Waals surface area contributed by atoms with E-state index in [1.807, 2.05) is 0 Å². The number of rotatable bonds is 5. The van der Waals surface area contributed by atoms with E-state index in [0.717, 1.165) is 12.0 Å². The normalized spacial score (nSPS) is 11.9. The van der Waals surface area contributed by atoms with Gasteiger partial charge in [0.05, 0.1) is 19.2 Å². The van der Waals surface area contributed by atoms with Crippen LogP contribution in [0.25, 0.3) is 0 Å². The third kappa shape index (κ3) is 5.48. The topological polar surface area (TPSA) is 78.6 Å². The highest BCUT2D eigenvalue weighted by Gasteiger charge is 2.15. The summed E-state index contributed by atoms with van der Waals surface area (Å²) >= 11 is 0.969. The maximum atomic E-state index is 10.8. The molecule has 0 aliphatic carbocycles. The molecule has 1 atom stereocenters. The van der Waals surface area contributed by atoms with Crippen molar-refractivity contribution in [1.29, 1.82) is 0 Å². The first-order valence-corrected chi connectivity index (χ1v) is 4.83. The van der Waals surface area contributed by atoms with Gasteiger partial charge in [0.1, 0.15) is 6.04 Å². The van der Waals surface area contributed by atoms with Crippen LogP contribution in [0.3, 0.4) is 0 Å². The van der Waals surface area contributed by atoms with Crippen molar-refractivity contribution in [3.63, 3.8) is 0 Å². The molecule has 0 radical (unpaired) electrons. The number of ether oxygens (including phenoxy) is 1. The van der Waals surface area contributed by atoms with Gasteiger partial charge in [-0.1, -0.05) is 0 Å². The van der Waals surface area contributed by atoms with Crippen molar-refractivity contribution in [2.45, 2.75) is 18.9 Å². The molecule has 5 nitrogen and oxygen atoms in total. The summed E-state index contributed by atoms with van der Waals surface area (Å²) in [7, 11) is 1.25. The van der Waals surface area contributed by atoms with Gasteiger partial charge >= 0.3 is 11.9 Å². The summed E-state index contributed by atoms with van der Waals surface area (Å²) < 4.78 is 8.96. The van der Waals surface area contributed by atoms with Crippen molar-refractivity contribution < 1.29 is 18.5 Å². The predicted octanol–water partition coefficient (Wildman–Crippen LogP) is 0.0881. The highest BCUT2D eigenvalue weighted by molar-refractivity contribution is 7.94. The van der Waals surface area contributed by atoms with Gasteiger partial charge in [-0.15, -0.1) is 0 Å². The Bertz CT molecular complexity index is 185. The molecule has 0 spiro atoms. The second-order valence-electron chi connectivity index (χ2n) is 2.29. The quantitative estimate of drug-likeness (QED) is 0.508. The predicted molar refractivity (Wildman–Crippen MR) is 48.8 cm³/mol. The molecule has 0 saturated heterocycles. The summed E-state index contributed by atoms with van der Waals surface area (Å²) in [4.78, 5) is 21.6. The van der Waals surface area contributed by atoms with Gasteiger partial charge in [0.25, 0.3) is 0 Å². The zero-order valence-corrected chi connectivity index (χ0v) is 8.43. The minimum atomic E-state index is -0.751. The van der Waals surface area contributed by atoms with E-state index in [9.17, 15) is 9.59 Å². The van der Waals surface area contributed by atoms with E-state index in [2.05, 4.69) is 8.92 Å². The van der Waals surface area contributed by atoms with Crippen LogP contribution in [0.1, 0.15) is 12.8 Å². The first-order valence-electron chi connectivity index (χ1n) is 3.68. The van der Waals surface area contributed by atoms with E-state index in [-0.39, 0.29) is 18.8 Å². The summed E-state index contributed by atoms with van der Waals surface area (Å²) in [5.41, 5.74) is 5.38. The first kappa shape index (κ1) is 12.2. The lowest BCUT2D eigenvalue weighted by Crippen LogP contribution is -2.32. The standard InChI is InChI=1S/C7H13NO4S/c1-11-7(10)5(8)3-4-6(9)12-13-2/h5H,3-4,8H2,1-2H3. The number of hydrogen-bond acceptors (Lipinski definition) is 6. The number of carbonyl (C=O) groups is 2. The van der Waals surface area contributed by atoms with Gasteiger partial charge in [-0.2, -0.15) is 0 Å². The molecule has 76 valence electrons. The van der Waals surface area contributed by atoms with E-state index < -0.39 is 12.0 Å². The zero-order valence-electron chi connectivity index (χ0n) is 7.61. The molecule has 0 fully saturated rings. The molecule has 0 aromatic heterocycles. The van der Waals surface area contributed by atoms with E-state index in [1.54, 1.807) is 6.26 Å². The molecule has 0 aromatic rings. The third-order valence-corrected chi connectivity index (χ3v) is 1.69. The summed E-state index contributed by atoms with van der Waals surface area (Å²) in [5.74, 6) is -0.899. The van der Waals surface area contributed by atoms with Crippen molar-refractivity contribution in [2.75, 3.05) is 13.4 Å². The second kappa shape index (κ2) is 6.73. The Kier molecular flexibility index (Phi) is 6.34. The third-order valence-electron chi connectivity index (χ3n) is 1.34. The highest BCUT2D eigenvalue weighted by Crippen LogP contribution is 2.03. The fraction of sp³-hybridized carbons (Fsp3) is 0.714. The number of esters is 1. The van der Waals surface area contributed by atoms with Gasteiger partial charge in [-0.3, -0.25) is 9.59 Å². The van der Waals surface area contributed by atoms with Crippen LogP contribution in [0.2, 0.25) is 0 Å². The Hall–Kier alpha value is -0.750. The molecule has 1 unspecified atom stereocenters. The lowest BCUT2D eigenvalue weighted by Gasteiger charge is -2.07. The fourth-order valence-corrected chi connectivity index (χ4v) is 0.946. The van der Waals surface area contributed by atoms with Crippen LogP contribution in [0.15, 0.2) is 0 Å². The maximum Gasteiger partial charge on any atom is 0.322 e. The number of hydrogen-bond donors (Lipinski definition) is 1. The van der Waals surface area contributed by atoms with Crippen molar-refractivity contribution in [3.8, 4) is 0 Å². The van der Waals surface area contributed by atoms with Crippen LogP contribution in [0.5, 0.6) is 0 Å². The average Bonchev–Trinajstić information content (AvgIpc) is 2.13. The molecule has 0 aliphatic heterocycles. The van der Waals surface area contributed by atoms with E-state index in [0.29, 0.717) is 0 Å². The Labute approximate surface area is 81.2 Å². The molecule has 0 heterocycles. The van der Waals surface area contributed by atoms with Gasteiger partial charge in [-0.25, -0.2) is 0 Å². The van der Waals surface area contributed by atoms with Crippen LogP contribution in [0, 0.1) is 0 Å². The Morgan fingerprint density at radius 2 is 2.15 bits per heavy atom. The number of nitrogens with two attached hydrogens (primary N) is 1. The monoisotopic (exact) mass is 207 g/mol. The van der Waals surface area contributed by atoms with Gasteiger partial charge in [-0.05, 0) is 6.42 Å². The molecular weight excluding hydrogens is 194 g/mol. The molecule has 13 heavy (non-hydrogen) atoms. The van der Waals surface area contributed by atoms with Crippen LogP contribution in [0.4, 0.5) is 0 Å². The van der Waals surface area contributed by atoms with Gasteiger partial charge in [0.15, 0.2) is 0 Å². The van der Waals surface area contributed by atoms with E-state index >= 15 is 0 Å². The van der Waals surface area contributed by atoms with E-state index in [1.165, 1.54) is 7.11 Å². The average molecular weight is 207 g/mol. The lowest BCUT2D eigenvalue weighted by atomic mass is 10.2. The molecular formula is C7H13NO4S. The minimum absolute atomic E-state index is 0.122. The molecule has 0 saturated carbocycles. The Morgan fingerprint density at radius 1 is 1.54 bits per heavy atom. The number of methoxy groups -OCH3 is 1. The van der Waals surface area contributed by atoms with Gasteiger partial charge in [0.2, 0.25) is 0 Å².